The van der Waals surface area contributed by atoms with Gasteiger partial charge in [-0.3, -0.25) is 24.0 Å². The van der Waals surface area contributed by atoms with Crippen LogP contribution in [0.4, 0.5) is 9.59 Å². The largest absolute Gasteiger partial charge is 0.543 e. The maximum atomic E-state index is 15.4. The highest BCUT2D eigenvalue weighted by atomic mass is 32.2. The van der Waals surface area contributed by atoms with Crippen LogP contribution < -0.4 is 41.5 Å². The summed E-state index contributed by atoms with van der Waals surface area (Å²) in [6.45, 7) is 27.9. The fraction of sp³-hybridized carbons (Fsp3) is 0.613. The molecule has 0 aromatic heterocycles. The van der Waals surface area contributed by atoms with E-state index >= 15 is 9.59 Å². The molecule has 7 amide bonds. The number of guanidine groups is 1. The van der Waals surface area contributed by atoms with Gasteiger partial charge in [-0.25, -0.2) is 19.3 Å². The van der Waals surface area contributed by atoms with Gasteiger partial charge in [0.05, 0.1) is 30.7 Å². The predicted molar refractivity (Wildman–Crippen MR) is 395 cm³/mol. The number of nitrogens with two attached hydrogens (primary N) is 1. The number of nitrogens with one attached hydrogen (secondary N) is 5. The lowest BCUT2D eigenvalue weighted by atomic mass is 10.0. The third-order valence-electron chi connectivity index (χ3n) is 18.6. The smallest absolute Gasteiger partial charge is 0.417 e. The van der Waals surface area contributed by atoms with Crippen molar-refractivity contribution >= 4 is 72.5 Å². The SMILES string of the molecule is COc1cc(C)c(S(=O)(=O)/N=C(\N)N(CCC[C@H](NC(=O)[C@@H]2CCCN2C(=O)[C@H](CNC(=O)/C=C/[C@H](Cc2ccc(O[Si](C(C)C)(C(C)C)C(C)C)cc2)NC(=O)OC(C)(C)C)NC=O)C(OC2CCCCO2)C(=O)N[C@H](Cc2ccccc2)C(=O)OC2CCCCO2)C(=O)OC(C)(C)C)c(C)c1C. The summed E-state index contributed by atoms with van der Waals surface area (Å²) in [7, 11) is -5.45. The van der Waals surface area contributed by atoms with E-state index in [4.69, 9.17) is 43.3 Å². The van der Waals surface area contributed by atoms with E-state index in [1.165, 1.54) is 24.2 Å². The molecule has 3 aromatic rings. The Morgan fingerprint density at radius 2 is 1.38 bits per heavy atom. The van der Waals surface area contributed by atoms with Gasteiger partial charge < -0.3 is 74.8 Å². The molecule has 29 heteroatoms. The monoisotopic (exact) mass is 1490 g/mol. The van der Waals surface area contributed by atoms with E-state index in [2.05, 4.69) is 72.5 Å². The van der Waals surface area contributed by atoms with Crippen molar-refractivity contribution in [3.05, 3.63) is 101 Å². The van der Waals surface area contributed by atoms with Gasteiger partial charge >= 0.3 is 18.2 Å². The zero-order chi connectivity index (χ0) is 76.9. The molecule has 3 heterocycles. The minimum absolute atomic E-state index is 0.0272. The first-order valence-corrected chi connectivity index (χ1v) is 39.8. The van der Waals surface area contributed by atoms with Crippen molar-refractivity contribution in [2.24, 2.45) is 10.1 Å². The number of rotatable bonds is 33. The Hall–Kier alpha value is -8.12. The predicted octanol–water partition coefficient (Wildman–Crippen LogP) is 9.30. The van der Waals surface area contributed by atoms with Crippen LogP contribution in [0.1, 0.15) is 175 Å². The molecule has 6 rings (SSSR count). The first-order valence-electron chi connectivity index (χ1n) is 36.2. The normalized spacial score (nSPS) is 18.4. The number of methoxy groups -OCH3 is 1. The first kappa shape index (κ1) is 84.8. The Morgan fingerprint density at radius 3 is 1.95 bits per heavy atom. The summed E-state index contributed by atoms with van der Waals surface area (Å²) in [5.74, 6) is -3.43. The highest BCUT2D eigenvalue weighted by molar-refractivity contribution is 7.90. The molecule has 0 radical (unpaired) electrons. The Kier molecular flexibility index (Phi) is 31.6. The molecule has 3 aliphatic heterocycles. The van der Waals surface area contributed by atoms with E-state index < -0.39 is 139 Å². The van der Waals surface area contributed by atoms with Crippen molar-refractivity contribution in [1.29, 1.82) is 0 Å². The number of likely N-dealkylation sites (tertiary alicyclic amines) is 1. The van der Waals surface area contributed by atoms with Gasteiger partial charge in [0.2, 0.25) is 36.4 Å². The van der Waals surface area contributed by atoms with Crippen LogP contribution in [0.3, 0.4) is 0 Å². The molecule has 0 saturated carbocycles. The number of alkyl carbamates (subject to hydrolysis) is 1. The minimum Gasteiger partial charge on any atom is -0.543 e. The zero-order valence-electron chi connectivity index (χ0n) is 63.6. The number of carbonyl (C=O) groups excluding carboxylic acids is 8. The molecule has 8 atom stereocenters. The van der Waals surface area contributed by atoms with Crippen molar-refractivity contribution in [2.45, 2.75) is 263 Å². The molecule has 104 heavy (non-hydrogen) atoms. The molecule has 576 valence electrons. The lowest BCUT2D eigenvalue weighted by Gasteiger charge is -2.42. The van der Waals surface area contributed by atoms with Crippen LogP contribution in [0.25, 0.3) is 0 Å². The molecule has 3 fully saturated rings. The summed E-state index contributed by atoms with van der Waals surface area (Å²) in [6, 6.07) is 12.0. The Morgan fingerprint density at radius 1 is 0.760 bits per heavy atom. The van der Waals surface area contributed by atoms with E-state index in [1.54, 1.807) is 98.7 Å². The highest BCUT2D eigenvalue weighted by Crippen LogP contribution is 2.43. The molecule has 7 N–H and O–H groups in total. The van der Waals surface area contributed by atoms with E-state index in [0.717, 1.165) is 29.1 Å². The number of amides is 7. The highest BCUT2D eigenvalue weighted by Gasteiger charge is 2.47. The molecular weight excluding hydrogens is 1380 g/mol. The second kappa shape index (κ2) is 38.8. The van der Waals surface area contributed by atoms with Crippen molar-refractivity contribution in [3.8, 4) is 11.5 Å². The Bertz CT molecular complexity index is 3550. The van der Waals surface area contributed by atoms with Crippen molar-refractivity contribution in [2.75, 3.05) is 40.0 Å². The van der Waals surface area contributed by atoms with Crippen LogP contribution in [0.15, 0.2) is 82.1 Å². The molecular formula is C75H113N9O18SSi. The number of benzene rings is 3. The summed E-state index contributed by atoms with van der Waals surface area (Å²) in [5, 5.41) is 13.8. The number of esters is 1. The molecule has 3 aromatic carbocycles. The number of hydrogen-bond donors (Lipinski definition) is 6. The van der Waals surface area contributed by atoms with Crippen LogP contribution in [0.5, 0.6) is 11.5 Å². The molecule has 3 saturated heterocycles. The number of ether oxygens (including phenoxy) is 7. The van der Waals surface area contributed by atoms with Gasteiger partial charge in [0.25, 0.3) is 24.2 Å². The van der Waals surface area contributed by atoms with Crippen LogP contribution in [-0.2, 0) is 80.1 Å². The average molecular weight is 1490 g/mol. The van der Waals surface area contributed by atoms with Gasteiger partial charge in [-0.15, -0.1) is 4.40 Å². The van der Waals surface area contributed by atoms with E-state index in [-0.39, 0.29) is 50.2 Å². The molecule has 0 aliphatic carbocycles. The van der Waals surface area contributed by atoms with Crippen LogP contribution in [0.2, 0.25) is 16.6 Å². The topological polar surface area (TPSA) is 350 Å². The maximum absolute atomic E-state index is 15.4. The van der Waals surface area contributed by atoms with Gasteiger partial charge in [-0.2, -0.15) is 8.42 Å². The second-order valence-corrected chi connectivity index (χ2v) is 36.7. The van der Waals surface area contributed by atoms with E-state index in [0.29, 0.717) is 89.7 Å². The second-order valence-electron chi connectivity index (χ2n) is 29.8. The Labute approximate surface area is 615 Å². The quantitative estimate of drug-likeness (QED) is 0.00629. The van der Waals surface area contributed by atoms with Crippen molar-refractivity contribution in [3.63, 3.8) is 0 Å². The third kappa shape index (κ3) is 24.8. The molecule has 0 bridgehead atoms. The zero-order valence-corrected chi connectivity index (χ0v) is 65.4. The number of hydrogen-bond acceptors (Lipinski definition) is 18. The van der Waals surface area contributed by atoms with Crippen molar-refractivity contribution < 1.29 is 84.4 Å². The van der Waals surface area contributed by atoms with E-state index in [9.17, 15) is 37.2 Å². The summed E-state index contributed by atoms with van der Waals surface area (Å²) in [5.41, 5.74) is 8.30. The van der Waals surface area contributed by atoms with Gasteiger partial charge in [0.1, 0.15) is 40.8 Å². The maximum Gasteiger partial charge on any atom is 0.417 e. The standard InChI is InChI=1S/C75H113N9O18SSi/c1-47(2)104(48(3)4,49(5)6)102-56-35-32-54(33-36-56)43-55(79-72(91)100-74(10,11)12)34-37-62(86)77-45-59(78-46-85)69(89)83-38-25-29-60(83)67(87)80-57(28-24-39-84(73(92)101-75(13,14)15)71(76)82-103(93,94)66-50(7)42-61(95-16)51(8)52(66)9)65(98-63-30-20-22-40-96-63)68(88)81-58(44-53-26-18-17-19-27-53)70(90)99-64-31-21-23-41-97-64/h17-19,26-27,32-37,42,46-49,55,57-60,63-65H,20-25,28-31,38-41,43-45H2,1-16H3,(H2,76,82)(H,77,86)(H,78,85)(H,79,91)(H,80,87)(H,81,88)/b37-34+/t55-,57+,58-,59+,60+,63?,64?,65?/m1/s1. The fourth-order valence-electron chi connectivity index (χ4n) is 13.5. The molecule has 3 aliphatic rings. The lowest BCUT2D eigenvalue weighted by Crippen LogP contribution is -2.60. The molecule has 3 unspecified atom stereocenters. The van der Waals surface area contributed by atoms with Gasteiger partial charge in [0, 0.05) is 45.2 Å². The molecule has 27 nitrogen and oxygen atoms in total. The van der Waals surface area contributed by atoms with Crippen LogP contribution in [0, 0.1) is 20.8 Å². The van der Waals surface area contributed by atoms with Gasteiger partial charge in [-0.1, -0.05) is 90.1 Å². The summed E-state index contributed by atoms with van der Waals surface area (Å²) in [6.07, 6.45) is 1.44. The van der Waals surface area contributed by atoms with Crippen LogP contribution in [-0.4, -0.2) is 181 Å². The third-order valence-corrected chi connectivity index (χ3v) is 26.1. The van der Waals surface area contributed by atoms with Gasteiger partial charge in [-0.05, 0) is 189 Å². The lowest BCUT2D eigenvalue weighted by molar-refractivity contribution is -0.200. The first-order chi connectivity index (χ1) is 49.0. The van der Waals surface area contributed by atoms with Crippen molar-refractivity contribution in [1.82, 2.24) is 36.4 Å². The fourth-order valence-corrected chi connectivity index (χ4v) is 20.2. The molecule has 0 spiro atoms. The minimum atomic E-state index is -4.64. The number of sulfonamides is 1. The summed E-state index contributed by atoms with van der Waals surface area (Å²) >= 11 is 0. The number of carbonyl (C=O) groups is 8. The van der Waals surface area contributed by atoms with E-state index in [1.807, 2.05) is 24.3 Å². The number of nitrogens with zero attached hydrogens (tertiary/aromatic N) is 3. The van der Waals surface area contributed by atoms with Crippen LogP contribution >= 0.6 is 0 Å². The number of aryl methyl sites for hydroxylation is 1. The summed E-state index contributed by atoms with van der Waals surface area (Å²) in [4.78, 5) is 115. The Balaban J connectivity index is 1.31. The average Bonchev–Trinajstić information content (AvgIpc) is 1.30. The summed E-state index contributed by atoms with van der Waals surface area (Å²) < 4.78 is 80.6. The van der Waals surface area contributed by atoms with Gasteiger partial charge in [0.15, 0.2) is 12.4 Å².